The monoisotopic (exact) mass is 129 g/mol. The van der Waals surface area contributed by atoms with Gasteiger partial charge in [-0.3, -0.25) is 4.79 Å². The van der Waals surface area contributed by atoms with E-state index in [1.165, 1.54) is 0 Å². The molecule has 2 N–H and O–H groups in total. The maximum absolute atomic E-state index is 10.7. The molecule has 0 aromatic heterocycles. The van der Waals surface area contributed by atoms with E-state index in [2.05, 4.69) is 0 Å². The molecule has 0 aromatic rings. The maximum atomic E-state index is 10.7. The molecule has 0 saturated carbocycles. The number of nitrogens with two attached hydrogens (primary N) is 1. The van der Waals surface area contributed by atoms with Crippen LogP contribution in [-0.4, -0.2) is 18.6 Å². The minimum Gasteiger partial charge on any atom is -0.465 e. The van der Waals surface area contributed by atoms with Gasteiger partial charge in [-0.1, -0.05) is 6.92 Å². The summed E-state index contributed by atoms with van der Waals surface area (Å²) in [5.41, 5.74) is 5.57. The third-order valence-corrected chi connectivity index (χ3v) is 1.71. The molecule has 3 heteroatoms. The Hall–Kier alpha value is -0.570. The van der Waals surface area contributed by atoms with Gasteiger partial charge < -0.3 is 10.5 Å². The topological polar surface area (TPSA) is 52.3 Å². The summed E-state index contributed by atoms with van der Waals surface area (Å²) in [7, 11) is 0. The van der Waals surface area contributed by atoms with Gasteiger partial charge in [0, 0.05) is 6.04 Å². The Morgan fingerprint density at radius 2 is 2.44 bits per heavy atom. The minimum atomic E-state index is -0.159. The van der Waals surface area contributed by atoms with E-state index in [-0.39, 0.29) is 17.9 Å². The third kappa shape index (κ3) is 1.21. The fourth-order valence-electron chi connectivity index (χ4n) is 0.852. The largest absolute Gasteiger partial charge is 0.465 e. The molecule has 1 heterocycles. The molecule has 0 spiro atoms. The van der Waals surface area contributed by atoms with Gasteiger partial charge in [0.05, 0.1) is 12.5 Å². The van der Waals surface area contributed by atoms with Crippen LogP contribution in [0.2, 0.25) is 0 Å². The lowest BCUT2D eigenvalue weighted by atomic mass is 9.98. The average molecular weight is 129 g/mol. The molecule has 0 aromatic carbocycles. The molecule has 9 heavy (non-hydrogen) atoms. The summed E-state index contributed by atoms with van der Waals surface area (Å²) in [6.07, 6.45) is 0.799. The van der Waals surface area contributed by atoms with Crippen LogP contribution >= 0.6 is 0 Å². The highest BCUT2D eigenvalue weighted by atomic mass is 16.5. The molecule has 52 valence electrons. The quantitative estimate of drug-likeness (QED) is 0.464. The van der Waals surface area contributed by atoms with Gasteiger partial charge in [-0.2, -0.15) is 0 Å². The zero-order valence-corrected chi connectivity index (χ0v) is 5.46. The standard InChI is InChI=1S/C6H11NO2/c1-4-5(7)2-3-9-6(4)8/h4-5H,2-3,7H2,1H3. The molecule has 1 saturated heterocycles. The molecule has 2 atom stereocenters. The number of carbonyl (C=O) groups is 1. The van der Waals surface area contributed by atoms with E-state index in [0.717, 1.165) is 6.42 Å². The van der Waals surface area contributed by atoms with Crippen molar-refractivity contribution in [3.05, 3.63) is 0 Å². The molecule has 1 rings (SSSR count). The lowest BCUT2D eigenvalue weighted by Gasteiger charge is -2.23. The van der Waals surface area contributed by atoms with Gasteiger partial charge in [0.15, 0.2) is 0 Å². The summed E-state index contributed by atoms with van der Waals surface area (Å²) < 4.78 is 4.74. The highest BCUT2D eigenvalue weighted by molar-refractivity contribution is 5.73. The summed E-state index contributed by atoms with van der Waals surface area (Å²) in [5.74, 6) is -0.271. The fraction of sp³-hybridized carbons (Fsp3) is 0.833. The van der Waals surface area contributed by atoms with Crippen molar-refractivity contribution in [1.82, 2.24) is 0 Å². The Balaban J connectivity index is 2.51. The first-order valence-electron chi connectivity index (χ1n) is 3.14. The molecular formula is C6H11NO2. The summed E-state index contributed by atoms with van der Waals surface area (Å²) in [6.45, 7) is 2.29. The molecule has 1 aliphatic heterocycles. The Bertz CT molecular complexity index is 124. The summed E-state index contributed by atoms with van der Waals surface area (Å²) in [6, 6.07) is 0.00579. The van der Waals surface area contributed by atoms with Crippen LogP contribution in [0, 0.1) is 5.92 Å². The molecule has 1 fully saturated rings. The van der Waals surface area contributed by atoms with Gasteiger partial charge in [-0.05, 0) is 6.42 Å². The highest BCUT2D eigenvalue weighted by Gasteiger charge is 2.26. The molecule has 3 nitrogen and oxygen atoms in total. The van der Waals surface area contributed by atoms with Crippen molar-refractivity contribution in [2.45, 2.75) is 19.4 Å². The molecular weight excluding hydrogens is 118 g/mol. The first-order chi connectivity index (χ1) is 4.22. The van der Waals surface area contributed by atoms with Crippen molar-refractivity contribution in [1.29, 1.82) is 0 Å². The van der Waals surface area contributed by atoms with Gasteiger partial charge in [0.2, 0.25) is 0 Å². The van der Waals surface area contributed by atoms with Gasteiger partial charge in [0.1, 0.15) is 0 Å². The molecule has 1 aliphatic rings. The predicted octanol–water partition coefficient (Wildman–Crippen LogP) is -0.103. The van der Waals surface area contributed by atoms with E-state index in [1.54, 1.807) is 6.92 Å². The predicted molar refractivity (Wildman–Crippen MR) is 32.7 cm³/mol. The SMILES string of the molecule is CC1C(=O)OCCC1N. The van der Waals surface area contributed by atoms with E-state index in [1.807, 2.05) is 0 Å². The fourth-order valence-corrected chi connectivity index (χ4v) is 0.852. The first kappa shape index (κ1) is 6.55. The number of cyclic esters (lactones) is 1. The molecule has 2 unspecified atom stereocenters. The Morgan fingerprint density at radius 1 is 1.78 bits per heavy atom. The smallest absolute Gasteiger partial charge is 0.310 e. The Kier molecular flexibility index (Phi) is 1.71. The summed E-state index contributed by atoms with van der Waals surface area (Å²) >= 11 is 0. The van der Waals surface area contributed by atoms with Crippen molar-refractivity contribution in [3.8, 4) is 0 Å². The number of carbonyl (C=O) groups excluding carboxylic acids is 1. The van der Waals surface area contributed by atoms with Crippen LogP contribution in [0.1, 0.15) is 13.3 Å². The van der Waals surface area contributed by atoms with Crippen molar-refractivity contribution in [2.75, 3.05) is 6.61 Å². The third-order valence-electron chi connectivity index (χ3n) is 1.71. The van der Waals surface area contributed by atoms with E-state index in [0.29, 0.717) is 6.61 Å². The van der Waals surface area contributed by atoms with Crippen LogP contribution in [0.4, 0.5) is 0 Å². The van der Waals surface area contributed by atoms with Gasteiger partial charge in [-0.25, -0.2) is 0 Å². The molecule has 0 aliphatic carbocycles. The van der Waals surface area contributed by atoms with E-state index in [9.17, 15) is 4.79 Å². The van der Waals surface area contributed by atoms with Crippen LogP contribution in [-0.2, 0) is 9.53 Å². The second-order valence-corrected chi connectivity index (χ2v) is 2.41. The van der Waals surface area contributed by atoms with Crippen molar-refractivity contribution >= 4 is 5.97 Å². The normalized spacial score (nSPS) is 36.0. The zero-order chi connectivity index (χ0) is 6.85. The van der Waals surface area contributed by atoms with Crippen LogP contribution in [0.15, 0.2) is 0 Å². The van der Waals surface area contributed by atoms with Gasteiger partial charge in [0.25, 0.3) is 0 Å². The Labute approximate surface area is 54.2 Å². The van der Waals surface area contributed by atoms with E-state index in [4.69, 9.17) is 10.5 Å². The maximum Gasteiger partial charge on any atom is 0.310 e. The lowest BCUT2D eigenvalue weighted by molar-refractivity contribution is -0.152. The zero-order valence-electron chi connectivity index (χ0n) is 5.46. The number of hydrogen-bond acceptors (Lipinski definition) is 3. The van der Waals surface area contributed by atoms with Crippen molar-refractivity contribution in [3.63, 3.8) is 0 Å². The molecule has 0 bridgehead atoms. The Morgan fingerprint density at radius 3 is 2.89 bits per heavy atom. The highest BCUT2D eigenvalue weighted by Crippen LogP contribution is 2.12. The van der Waals surface area contributed by atoms with Gasteiger partial charge in [-0.15, -0.1) is 0 Å². The number of esters is 1. The number of hydrogen-bond donors (Lipinski definition) is 1. The molecule has 0 amide bonds. The second kappa shape index (κ2) is 2.35. The summed E-state index contributed by atoms with van der Waals surface area (Å²) in [4.78, 5) is 10.7. The van der Waals surface area contributed by atoms with Crippen LogP contribution < -0.4 is 5.73 Å². The van der Waals surface area contributed by atoms with Crippen molar-refractivity contribution in [2.24, 2.45) is 11.7 Å². The van der Waals surface area contributed by atoms with Gasteiger partial charge >= 0.3 is 5.97 Å². The van der Waals surface area contributed by atoms with E-state index >= 15 is 0 Å². The molecule has 0 radical (unpaired) electrons. The van der Waals surface area contributed by atoms with Crippen LogP contribution in [0.3, 0.4) is 0 Å². The van der Waals surface area contributed by atoms with E-state index < -0.39 is 0 Å². The summed E-state index contributed by atoms with van der Waals surface area (Å²) in [5, 5.41) is 0. The number of rotatable bonds is 0. The number of ether oxygens (including phenoxy) is 1. The van der Waals surface area contributed by atoms with Crippen LogP contribution in [0.5, 0.6) is 0 Å². The average Bonchev–Trinajstić information content (AvgIpc) is 1.83. The minimum absolute atomic E-state index is 0.00579. The first-order valence-corrected chi connectivity index (χ1v) is 3.14. The van der Waals surface area contributed by atoms with Crippen LogP contribution in [0.25, 0.3) is 0 Å². The second-order valence-electron chi connectivity index (χ2n) is 2.41. The lowest BCUT2D eigenvalue weighted by Crippen LogP contribution is -2.40. The van der Waals surface area contributed by atoms with Crippen molar-refractivity contribution < 1.29 is 9.53 Å².